The summed E-state index contributed by atoms with van der Waals surface area (Å²) in [5.41, 5.74) is 7.73. The number of nitrogens with two attached hydrogens (primary N) is 1. The smallest absolute Gasteiger partial charge is 0.119 e. The van der Waals surface area contributed by atoms with Crippen LogP contribution in [0.25, 0.3) is 0 Å². The first-order chi connectivity index (χ1) is 9.06. The monoisotopic (exact) mass is 292 g/mol. The second kappa shape index (κ2) is 6.12. The molecule has 3 nitrogen and oxygen atoms in total. The summed E-state index contributed by atoms with van der Waals surface area (Å²) in [5.74, 6) is 0.892. The molecule has 0 atom stereocenters. The molecule has 0 fully saturated rings. The third kappa shape index (κ3) is 3.75. The van der Waals surface area contributed by atoms with Gasteiger partial charge in [-0.2, -0.15) is 0 Å². The molecule has 100 valence electrons. The highest BCUT2D eigenvalue weighted by atomic mass is 32.1. The van der Waals surface area contributed by atoms with Crippen LogP contribution >= 0.6 is 23.6 Å². The molecule has 0 saturated carbocycles. The van der Waals surface area contributed by atoms with Gasteiger partial charge in [0, 0.05) is 6.42 Å². The van der Waals surface area contributed by atoms with Crippen LogP contribution < -0.4 is 10.5 Å². The molecule has 2 aromatic rings. The molecule has 0 aliphatic rings. The van der Waals surface area contributed by atoms with E-state index in [0.29, 0.717) is 11.6 Å². The van der Waals surface area contributed by atoms with Crippen LogP contribution in [0, 0.1) is 13.8 Å². The van der Waals surface area contributed by atoms with Crippen molar-refractivity contribution in [3.63, 3.8) is 0 Å². The van der Waals surface area contributed by atoms with E-state index in [9.17, 15) is 0 Å². The van der Waals surface area contributed by atoms with Crippen LogP contribution in [-0.2, 0) is 6.42 Å². The summed E-state index contributed by atoms with van der Waals surface area (Å²) in [5, 5.41) is 1.01. The van der Waals surface area contributed by atoms with Gasteiger partial charge in [-0.1, -0.05) is 24.4 Å². The summed E-state index contributed by atoms with van der Waals surface area (Å²) in [7, 11) is 0. The van der Waals surface area contributed by atoms with Crippen molar-refractivity contribution < 1.29 is 4.74 Å². The summed E-state index contributed by atoms with van der Waals surface area (Å²) >= 11 is 6.53. The SMILES string of the molecule is Cc1cccc(OCCc2nc(C)c(C(N)=S)s2)c1. The molecule has 0 bridgehead atoms. The lowest BCUT2D eigenvalue weighted by atomic mass is 10.2. The fourth-order valence-electron chi connectivity index (χ4n) is 1.75. The quantitative estimate of drug-likeness (QED) is 0.861. The summed E-state index contributed by atoms with van der Waals surface area (Å²) in [4.78, 5) is 5.77. The van der Waals surface area contributed by atoms with Gasteiger partial charge in [-0.05, 0) is 31.5 Å². The van der Waals surface area contributed by atoms with Gasteiger partial charge in [0.15, 0.2) is 0 Å². The molecule has 19 heavy (non-hydrogen) atoms. The molecule has 0 aliphatic carbocycles. The van der Waals surface area contributed by atoms with Gasteiger partial charge >= 0.3 is 0 Å². The van der Waals surface area contributed by atoms with Gasteiger partial charge in [-0.15, -0.1) is 11.3 Å². The molecular formula is C14H16N2OS2. The number of hydrogen-bond acceptors (Lipinski definition) is 4. The predicted molar refractivity (Wildman–Crippen MR) is 83.1 cm³/mol. The maximum Gasteiger partial charge on any atom is 0.119 e. The number of thiocarbonyl (C=S) groups is 1. The van der Waals surface area contributed by atoms with E-state index in [1.165, 1.54) is 5.56 Å². The normalized spacial score (nSPS) is 10.4. The molecule has 5 heteroatoms. The minimum atomic E-state index is 0.417. The molecule has 1 aromatic carbocycles. The Balaban J connectivity index is 1.92. The van der Waals surface area contributed by atoms with Crippen LogP contribution in [0.1, 0.15) is 21.1 Å². The fourth-order valence-corrected chi connectivity index (χ4v) is 2.92. The van der Waals surface area contributed by atoms with Crippen molar-refractivity contribution in [1.29, 1.82) is 0 Å². The lowest BCUT2D eigenvalue weighted by Crippen LogP contribution is -2.08. The van der Waals surface area contributed by atoms with E-state index in [1.807, 2.05) is 38.1 Å². The van der Waals surface area contributed by atoms with E-state index in [0.717, 1.165) is 27.7 Å². The molecule has 1 heterocycles. The average Bonchev–Trinajstić information content (AvgIpc) is 2.71. The Bertz CT molecular complexity index is 593. The zero-order chi connectivity index (χ0) is 13.8. The highest BCUT2D eigenvalue weighted by Gasteiger charge is 2.09. The summed E-state index contributed by atoms with van der Waals surface area (Å²) in [6.07, 6.45) is 0.766. The molecule has 2 rings (SSSR count). The third-order valence-corrected chi connectivity index (χ3v) is 4.22. The number of hydrogen-bond donors (Lipinski definition) is 1. The van der Waals surface area contributed by atoms with Crippen molar-refractivity contribution in [3.8, 4) is 5.75 Å². The maximum atomic E-state index is 5.70. The van der Waals surface area contributed by atoms with E-state index >= 15 is 0 Å². The van der Waals surface area contributed by atoms with Crippen molar-refractivity contribution in [1.82, 2.24) is 4.98 Å². The minimum Gasteiger partial charge on any atom is -0.493 e. The summed E-state index contributed by atoms with van der Waals surface area (Å²) in [6, 6.07) is 8.02. The number of rotatable bonds is 5. The van der Waals surface area contributed by atoms with Gasteiger partial charge in [0.2, 0.25) is 0 Å². The lowest BCUT2D eigenvalue weighted by Gasteiger charge is -2.05. The topological polar surface area (TPSA) is 48.1 Å². The number of ether oxygens (including phenoxy) is 1. The third-order valence-electron chi connectivity index (χ3n) is 2.64. The second-order valence-corrected chi connectivity index (χ2v) is 5.82. The Morgan fingerprint density at radius 2 is 2.21 bits per heavy atom. The van der Waals surface area contributed by atoms with Gasteiger partial charge in [0.1, 0.15) is 10.7 Å². The zero-order valence-corrected chi connectivity index (χ0v) is 12.6. The number of benzene rings is 1. The number of nitrogens with zero attached hydrogens (tertiary/aromatic N) is 1. The minimum absolute atomic E-state index is 0.417. The van der Waals surface area contributed by atoms with Gasteiger partial charge < -0.3 is 10.5 Å². The Morgan fingerprint density at radius 1 is 1.42 bits per heavy atom. The van der Waals surface area contributed by atoms with E-state index in [2.05, 4.69) is 4.98 Å². The Hall–Kier alpha value is -1.46. The van der Waals surface area contributed by atoms with Crippen LogP contribution in [0.15, 0.2) is 24.3 Å². The Morgan fingerprint density at radius 3 is 2.84 bits per heavy atom. The van der Waals surface area contributed by atoms with E-state index in [-0.39, 0.29) is 0 Å². The fraction of sp³-hybridized carbons (Fsp3) is 0.286. The molecule has 0 amide bonds. The van der Waals surface area contributed by atoms with E-state index in [4.69, 9.17) is 22.7 Å². The number of aryl methyl sites for hydroxylation is 2. The van der Waals surface area contributed by atoms with Crippen molar-refractivity contribution in [2.45, 2.75) is 20.3 Å². The van der Waals surface area contributed by atoms with Crippen molar-refractivity contribution in [2.75, 3.05) is 6.61 Å². The summed E-state index contributed by atoms with van der Waals surface area (Å²) in [6.45, 7) is 4.58. The van der Waals surface area contributed by atoms with Crippen molar-refractivity contribution in [3.05, 3.63) is 45.4 Å². The maximum absolute atomic E-state index is 5.70. The van der Waals surface area contributed by atoms with Gasteiger partial charge in [-0.25, -0.2) is 4.98 Å². The Labute approximate surface area is 122 Å². The second-order valence-electron chi connectivity index (χ2n) is 4.30. The predicted octanol–water partition coefficient (Wildman–Crippen LogP) is 3.02. The largest absolute Gasteiger partial charge is 0.493 e. The first-order valence-electron chi connectivity index (χ1n) is 6.02. The van der Waals surface area contributed by atoms with Gasteiger partial charge in [0.05, 0.1) is 22.2 Å². The molecule has 0 saturated heterocycles. The van der Waals surface area contributed by atoms with Crippen LogP contribution in [-0.4, -0.2) is 16.6 Å². The molecule has 1 aromatic heterocycles. The number of thiazole rings is 1. The first-order valence-corrected chi connectivity index (χ1v) is 7.24. The molecule has 2 N–H and O–H groups in total. The molecule has 0 aliphatic heterocycles. The molecular weight excluding hydrogens is 276 g/mol. The van der Waals surface area contributed by atoms with Crippen LogP contribution in [0.2, 0.25) is 0 Å². The molecule has 0 radical (unpaired) electrons. The highest BCUT2D eigenvalue weighted by molar-refractivity contribution is 7.81. The molecule has 0 spiro atoms. The van der Waals surface area contributed by atoms with E-state index in [1.54, 1.807) is 11.3 Å². The van der Waals surface area contributed by atoms with E-state index < -0.39 is 0 Å². The van der Waals surface area contributed by atoms with Crippen molar-refractivity contribution >= 4 is 28.5 Å². The average molecular weight is 292 g/mol. The van der Waals surface area contributed by atoms with Crippen LogP contribution in [0.5, 0.6) is 5.75 Å². The zero-order valence-electron chi connectivity index (χ0n) is 11.0. The first kappa shape index (κ1) is 14.0. The number of aromatic nitrogens is 1. The highest BCUT2D eigenvalue weighted by Crippen LogP contribution is 2.19. The van der Waals surface area contributed by atoms with Gasteiger partial charge in [-0.3, -0.25) is 0 Å². The van der Waals surface area contributed by atoms with Crippen LogP contribution in [0.4, 0.5) is 0 Å². The molecule has 0 unspecified atom stereocenters. The van der Waals surface area contributed by atoms with Gasteiger partial charge in [0.25, 0.3) is 0 Å². The van der Waals surface area contributed by atoms with Crippen LogP contribution in [0.3, 0.4) is 0 Å². The Kier molecular flexibility index (Phi) is 4.50. The standard InChI is InChI=1S/C14H16N2OS2/c1-9-4-3-5-11(8-9)17-7-6-12-16-10(2)13(19-12)14(15)18/h3-5,8H,6-7H2,1-2H3,(H2,15,18). The summed E-state index contributed by atoms with van der Waals surface area (Å²) < 4.78 is 5.70. The lowest BCUT2D eigenvalue weighted by molar-refractivity contribution is 0.321. The van der Waals surface area contributed by atoms with Crippen molar-refractivity contribution in [2.24, 2.45) is 5.73 Å².